The highest BCUT2D eigenvalue weighted by molar-refractivity contribution is 7.15. The number of carbonyl (C=O) groups is 1. The zero-order chi connectivity index (χ0) is 15.0. The Hall–Kier alpha value is -1.61. The van der Waals surface area contributed by atoms with Crippen LogP contribution in [0, 0.1) is 5.92 Å². The van der Waals surface area contributed by atoms with Gasteiger partial charge in [0.15, 0.2) is 0 Å². The summed E-state index contributed by atoms with van der Waals surface area (Å²) in [7, 11) is 1.83. The quantitative estimate of drug-likeness (QED) is 0.830. The Balaban J connectivity index is 1.82. The van der Waals surface area contributed by atoms with Crippen LogP contribution < -0.4 is 0 Å². The molecule has 0 aliphatic heterocycles. The second-order valence-corrected chi connectivity index (χ2v) is 7.11. The first-order chi connectivity index (χ1) is 10.1. The first kappa shape index (κ1) is 14.3. The third-order valence-corrected chi connectivity index (χ3v) is 5.48. The molecule has 1 unspecified atom stereocenters. The van der Waals surface area contributed by atoms with Crippen LogP contribution in [0.2, 0.25) is 0 Å². The van der Waals surface area contributed by atoms with Crippen molar-refractivity contribution in [2.45, 2.75) is 26.7 Å². The summed E-state index contributed by atoms with van der Waals surface area (Å²) in [6, 6.07) is 10.4. The normalized spacial score (nSPS) is 16.8. The number of hydrogen-bond donors (Lipinski definition) is 0. The van der Waals surface area contributed by atoms with Crippen molar-refractivity contribution in [3.63, 3.8) is 0 Å². The van der Waals surface area contributed by atoms with E-state index in [1.807, 2.05) is 37.4 Å². The maximum atomic E-state index is 12.1. The fourth-order valence-corrected chi connectivity index (χ4v) is 4.22. The molecule has 0 radical (unpaired) electrons. The van der Waals surface area contributed by atoms with Gasteiger partial charge in [-0.15, -0.1) is 11.3 Å². The lowest BCUT2D eigenvalue weighted by molar-refractivity contribution is 0.0802. The topological polar surface area (TPSA) is 20.3 Å². The van der Waals surface area contributed by atoms with E-state index in [2.05, 4.69) is 25.1 Å². The lowest BCUT2D eigenvalue weighted by Crippen LogP contribution is -2.26. The Morgan fingerprint density at radius 3 is 2.62 bits per heavy atom. The Morgan fingerprint density at radius 1 is 1.29 bits per heavy atom. The molecular formula is C18H21NOS. The molecule has 1 aromatic carbocycles. The van der Waals surface area contributed by atoms with Gasteiger partial charge >= 0.3 is 0 Å². The number of hydrogen-bond acceptors (Lipinski definition) is 2. The Bertz CT molecular complexity index is 633. The molecule has 1 aromatic heterocycles. The number of thiophene rings is 1. The van der Waals surface area contributed by atoms with E-state index in [0.29, 0.717) is 0 Å². The van der Waals surface area contributed by atoms with Crippen LogP contribution in [0.5, 0.6) is 0 Å². The zero-order valence-corrected chi connectivity index (χ0v) is 13.7. The van der Waals surface area contributed by atoms with Crippen LogP contribution in [-0.4, -0.2) is 24.4 Å². The minimum atomic E-state index is 0.0894. The first-order valence-electron chi connectivity index (χ1n) is 7.56. The molecule has 3 rings (SSSR count). The third kappa shape index (κ3) is 2.75. The molecule has 21 heavy (non-hydrogen) atoms. The third-order valence-electron chi connectivity index (χ3n) is 4.24. The molecule has 0 spiro atoms. The molecule has 3 heteroatoms. The minimum Gasteiger partial charge on any atom is -0.342 e. The number of benzene rings is 1. The Morgan fingerprint density at radius 2 is 2.00 bits per heavy atom. The highest BCUT2D eigenvalue weighted by atomic mass is 32.1. The molecular weight excluding hydrogens is 278 g/mol. The summed E-state index contributed by atoms with van der Waals surface area (Å²) in [5.41, 5.74) is 3.51. The van der Waals surface area contributed by atoms with Crippen molar-refractivity contribution in [3.05, 3.63) is 46.3 Å². The highest BCUT2D eigenvalue weighted by Crippen LogP contribution is 2.38. The van der Waals surface area contributed by atoms with Crippen molar-refractivity contribution < 1.29 is 4.79 Å². The molecule has 1 amide bonds. The number of nitrogens with zero attached hydrogens (tertiary/aromatic N) is 1. The molecule has 0 fully saturated rings. The van der Waals surface area contributed by atoms with E-state index >= 15 is 0 Å². The minimum absolute atomic E-state index is 0.0894. The summed E-state index contributed by atoms with van der Waals surface area (Å²) in [4.78, 5) is 16.7. The monoisotopic (exact) mass is 299 g/mol. The van der Waals surface area contributed by atoms with E-state index in [-0.39, 0.29) is 5.91 Å². The smallest absolute Gasteiger partial charge is 0.253 e. The molecule has 1 aliphatic rings. The Kier molecular flexibility index (Phi) is 3.85. The fourth-order valence-electron chi connectivity index (χ4n) is 2.86. The number of amides is 1. The van der Waals surface area contributed by atoms with Crippen molar-refractivity contribution >= 4 is 17.2 Å². The van der Waals surface area contributed by atoms with Crippen LogP contribution in [0.1, 0.15) is 34.6 Å². The van der Waals surface area contributed by atoms with Gasteiger partial charge in [-0.1, -0.05) is 19.1 Å². The van der Waals surface area contributed by atoms with Gasteiger partial charge in [0.1, 0.15) is 0 Å². The summed E-state index contributed by atoms with van der Waals surface area (Å²) in [6.45, 7) is 5.04. The van der Waals surface area contributed by atoms with E-state index < -0.39 is 0 Å². The second kappa shape index (κ2) is 5.64. The van der Waals surface area contributed by atoms with Crippen LogP contribution in [-0.2, 0) is 12.8 Å². The van der Waals surface area contributed by atoms with Gasteiger partial charge in [0, 0.05) is 28.9 Å². The Labute approximate surface area is 130 Å². The van der Waals surface area contributed by atoms with Gasteiger partial charge in [0.2, 0.25) is 0 Å². The summed E-state index contributed by atoms with van der Waals surface area (Å²) < 4.78 is 0. The van der Waals surface area contributed by atoms with E-state index in [4.69, 9.17) is 0 Å². The second-order valence-electron chi connectivity index (χ2n) is 5.97. The van der Waals surface area contributed by atoms with Gasteiger partial charge in [0.05, 0.1) is 0 Å². The molecule has 0 saturated carbocycles. The van der Waals surface area contributed by atoms with Crippen LogP contribution >= 0.6 is 11.3 Å². The van der Waals surface area contributed by atoms with Crippen molar-refractivity contribution in [1.82, 2.24) is 4.90 Å². The van der Waals surface area contributed by atoms with Crippen molar-refractivity contribution in [2.75, 3.05) is 13.6 Å². The molecule has 2 nitrogen and oxygen atoms in total. The SMILES string of the molecule is CCN(C)C(=O)c1ccc(-c2cc3c(s2)CC(C)C3)cc1. The summed E-state index contributed by atoms with van der Waals surface area (Å²) >= 11 is 1.91. The largest absolute Gasteiger partial charge is 0.342 e. The van der Waals surface area contributed by atoms with Crippen molar-refractivity contribution in [2.24, 2.45) is 5.92 Å². The van der Waals surface area contributed by atoms with E-state index in [9.17, 15) is 4.79 Å². The predicted octanol–water partition coefficient (Wildman–Crippen LogP) is 4.24. The summed E-state index contributed by atoms with van der Waals surface area (Å²) in [5, 5.41) is 0. The molecule has 1 aliphatic carbocycles. The van der Waals surface area contributed by atoms with Gasteiger partial charge < -0.3 is 4.90 Å². The van der Waals surface area contributed by atoms with Gasteiger partial charge in [-0.05, 0) is 55.0 Å². The average Bonchev–Trinajstić information content (AvgIpc) is 3.03. The zero-order valence-electron chi connectivity index (χ0n) is 12.8. The standard InChI is InChI=1S/C18H21NOS/c1-4-19(3)18(20)14-7-5-13(6-8-14)17-11-15-9-12(2)10-16(15)21-17/h5-8,11-12H,4,9-10H2,1-3H3. The maximum absolute atomic E-state index is 12.1. The lowest BCUT2D eigenvalue weighted by Gasteiger charge is -2.14. The van der Waals surface area contributed by atoms with E-state index in [1.165, 1.54) is 28.8 Å². The lowest BCUT2D eigenvalue weighted by atomic mass is 10.1. The van der Waals surface area contributed by atoms with Crippen molar-refractivity contribution in [1.29, 1.82) is 0 Å². The molecule has 1 atom stereocenters. The predicted molar refractivity (Wildman–Crippen MR) is 89.0 cm³/mol. The number of rotatable bonds is 3. The van der Waals surface area contributed by atoms with Gasteiger partial charge in [-0.25, -0.2) is 0 Å². The van der Waals surface area contributed by atoms with Gasteiger partial charge in [0.25, 0.3) is 5.91 Å². The highest BCUT2D eigenvalue weighted by Gasteiger charge is 2.21. The average molecular weight is 299 g/mol. The summed E-state index contributed by atoms with van der Waals surface area (Å²) in [6.07, 6.45) is 2.43. The van der Waals surface area contributed by atoms with Crippen LogP contribution in [0.25, 0.3) is 10.4 Å². The van der Waals surface area contributed by atoms with Crippen molar-refractivity contribution in [3.8, 4) is 10.4 Å². The molecule has 1 heterocycles. The first-order valence-corrected chi connectivity index (χ1v) is 8.37. The number of carbonyl (C=O) groups excluding carboxylic acids is 1. The maximum Gasteiger partial charge on any atom is 0.253 e. The van der Waals surface area contributed by atoms with E-state index in [0.717, 1.165) is 18.0 Å². The molecule has 110 valence electrons. The molecule has 0 N–H and O–H groups in total. The summed E-state index contributed by atoms with van der Waals surface area (Å²) in [5.74, 6) is 0.886. The van der Waals surface area contributed by atoms with Crippen LogP contribution in [0.15, 0.2) is 30.3 Å². The van der Waals surface area contributed by atoms with Crippen LogP contribution in [0.3, 0.4) is 0 Å². The molecule has 2 aromatic rings. The van der Waals surface area contributed by atoms with Crippen LogP contribution in [0.4, 0.5) is 0 Å². The number of fused-ring (bicyclic) bond motifs is 1. The van der Waals surface area contributed by atoms with Gasteiger partial charge in [-0.3, -0.25) is 4.79 Å². The molecule has 0 bridgehead atoms. The fraction of sp³-hybridized carbons (Fsp3) is 0.389. The van der Waals surface area contributed by atoms with Gasteiger partial charge in [-0.2, -0.15) is 0 Å². The van der Waals surface area contributed by atoms with E-state index in [1.54, 1.807) is 9.78 Å². The molecule has 0 saturated heterocycles.